The van der Waals surface area contributed by atoms with E-state index in [0.29, 0.717) is 29.2 Å². The Morgan fingerprint density at radius 1 is 1.00 bits per heavy atom. The highest BCUT2D eigenvalue weighted by atomic mass is 35.5. The maximum absolute atomic E-state index is 13.4. The summed E-state index contributed by atoms with van der Waals surface area (Å²) >= 11 is 7.40. The molecular formula is C34H37ClN2O7S2. The van der Waals surface area contributed by atoms with Crippen molar-refractivity contribution in [1.29, 1.82) is 0 Å². The van der Waals surface area contributed by atoms with E-state index in [1.54, 1.807) is 42.5 Å². The third-order valence-corrected chi connectivity index (χ3v) is 9.89. The summed E-state index contributed by atoms with van der Waals surface area (Å²) < 4.78 is 37.3. The van der Waals surface area contributed by atoms with E-state index >= 15 is 0 Å². The van der Waals surface area contributed by atoms with Crippen molar-refractivity contribution in [2.45, 2.75) is 70.0 Å². The lowest BCUT2D eigenvalue weighted by atomic mass is 9.93. The Balaban J connectivity index is 1.49. The van der Waals surface area contributed by atoms with Gasteiger partial charge in [-0.1, -0.05) is 44.5 Å². The number of nitrogens with one attached hydrogen (secondary N) is 1. The van der Waals surface area contributed by atoms with Gasteiger partial charge in [-0.3, -0.25) is 4.79 Å². The molecule has 0 fully saturated rings. The highest BCUT2D eigenvalue weighted by molar-refractivity contribution is 7.91. The Bertz CT molecular complexity index is 1810. The molecule has 0 bridgehead atoms. The Morgan fingerprint density at radius 3 is 2.37 bits per heavy atom. The predicted molar refractivity (Wildman–Crippen MR) is 180 cm³/mol. The molecule has 0 aliphatic rings. The van der Waals surface area contributed by atoms with Gasteiger partial charge in [0.2, 0.25) is 0 Å². The van der Waals surface area contributed by atoms with Crippen molar-refractivity contribution in [3.63, 3.8) is 0 Å². The van der Waals surface area contributed by atoms with Crippen LogP contribution in [-0.4, -0.2) is 41.7 Å². The molecule has 0 atom stereocenters. The second-order valence-corrected chi connectivity index (χ2v) is 15.8. The van der Waals surface area contributed by atoms with Gasteiger partial charge in [-0.2, -0.15) is 0 Å². The van der Waals surface area contributed by atoms with Gasteiger partial charge in [0.1, 0.15) is 23.1 Å². The Morgan fingerprint density at radius 2 is 1.72 bits per heavy atom. The molecule has 12 heteroatoms. The number of halogens is 1. The average molecular weight is 685 g/mol. The first-order valence-electron chi connectivity index (χ1n) is 14.6. The van der Waals surface area contributed by atoms with Crippen molar-refractivity contribution in [2.24, 2.45) is 0 Å². The number of aromatic nitrogens is 1. The van der Waals surface area contributed by atoms with Crippen LogP contribution in [0.4, 0.5) is 5.69 Å². The van der Waals surface area contributed by atoms with Crippen molar-refractivity contribution in [3.8, 4) is 11.5 Å². The number of carboxylic acid groups (broad SMARTS) is 1. The molecule has 0 spiro atoms. The van der Waals surface area contributed by atoms with Crippen molar-refractivity contribution >= 4 is 50.3 Å². The number of amides is 1. The summed E-state index contributed by atoms with van der Waals surface area (Å²) in [6.07, 6.45) is 0.699. The summed E-state index contributed by atoms with van der Waals surface area (Å²) in [4.78, 5) is 30.0. The smallest absolute Gasteiger partial charge is 0.347 e. The number of anilines is 1. The molecule has 1 amide bonds. The largest absolute Gasteiger partial charge is 0.486 e. The molecule has 0 saturated carbocycles. The maximum atomic E-state index is 13.4. The molecular weight excluding hydrogens is 648 g/mol. The average Bonchev–Trinajstić information content (AvgIpc) is 3.48. The minimum Gasteiger partial charge on any atom is -0.486 e. The Kier molecular flexibility index (Phi) is 10.8. The first-order valence-corrected chi connectivity index (χ1v) is 17.5. The fourth-order valence-corrected chi connectivity index (χ4v) is 6.62. The summed E-state index contributed by atoms with van der Waals surface area (Å²) in [5.41, 5.74) is 0.637. The molecule has 2 N–H and O–H groups in total. The van der Waals surface area contributed by atoms with Crippen LogP contribution in [0.1, 0.15) is 67.7 Å². The number of hydrogen-bond acceptors (Lipinski definition) is 8. The Labute approximate surface area is 278 Å². The van der Waals surface area contributed by atoms with E-state index in [9.17, 15) is 23.1 Å². The number of aliphatic carboxylic acids is 1. The number of aryl methyl sites for hydroxylation is 1. The van der Waals surface area contributed by atoms with E-state index in [-0.39, 0.29) is 34.1 Å². The lowest BCUT2D eigenvalue weighted by Gasteiger charge is -2.24. The van der Waals surface area contributed by atoms with Crippen LogP contribution in [0.5, 0.6) is 11.5 Å². The molecule has 4 aromatic rings. The predicted octanol–water partition coefficient (Wildman–Crippen LogP) is 7.57. The topological polar surface area (TPSA) is 132 Å². The SMILES string of the molecule is CC(C)(Oc1ccc(CCCS(=O)(=O)c2ccc(Cl)cc2)cc1NC(=O)c1cccc(OCc2nc(C(C)(C)C)cs2)c1)C(=O)O. The van der Waals surface area contributed by atoms with Gasteiger partial charge in [-0.25, -0.2) is 18.2 Å². The van der Waals surface area contributed by atoms with Crippen LogP contribution in [0.25, 0.3) is 0 Å². The minimum atomic E-state index is -3.52. The number of rotatable bonds is 13. The number of carboxylic acids is 1. The van der Waals surface area contributed by atoms with E-state index in [2.05, 4.69) is 31.1 Å². The number of sulfone groups is 1. The molecule has 1 heterocycles. The van der Waals surface area contributed by atoms with Gasteiger partial charge in [0.25, 0.3) is 5.91 Å². The standard InChI is InChI=1S/C34H37ClN2O7S2/c1-33(2,3)29-21-45-30(37-29)20-43-25-10-6-9-23(19-25)31(38)36-27-18-22(11-16-28(27)44-34(4,5)32(39)40)8-7-17-46(41,42)26-14-12-24(35)13-15-26/h6,9-16,18-19,21H,7-8,17,20H2,1-5H3,(H,36,38)(H,39,40). The van der Waals surface area contributed by atoms with Crippen LogP contribution >= 0.6 is 22.9 Å². The third kappa shape index (κ3) is 9.31. The van der Waals surface area contributed by atoms with Crippen LogP contribution in [0, 0.1) is 0 Å². The molecule has 0 saturated heterocycles. The monoisotopic (exact) mass is 684 g/mol. The van der Waals surface area contributed by atoms with E-state index < -0.39 is 27.3 Å². The van der Waals surface area contributed by atoms with Gasteiger partial charge in [0.15, 0.2) is 15.4 Å². The Hall–Kier alpha value is -3.93. The molecule has 0 aliphatic heterocycles. The molecule has 3 aromatic carbocycles. The number of benzene rings is 3. The van der Waals surface area contributed by atoms with E-state index in [1.165, 1.54) is 49.4 Å². The quantitative estimate of drug-likeness (QED) is 0.147. The third-order valence-electron chi connectivity index (χ3n) is 7.00. The van der Waals surface area contributed by atoms with Gasteiger partial charge in [-0.15, -0.1) is 11.3 Å². The zero-order chi connectivity index (χ0) is 33.7. The summed E-state index contributed by atoms with van der Waals surface area (Å²) in [5, 5.41) is 15.7. The molecule has 4 rings (SSSR count). The number of ether oxygens (including phenoxy) is 2. The normalized spacial score (nSPS) is 12.0. The number of thiazole rings is 1. The van der Waals surface area contributed by atoms with Gasteiger partial charge in [0, 0.05) is 21.4 Å². The van der Waals surface area contributed by atoms with Gasteiger partial charge in [0.05, 0.1) is 22.0 Å². The second kappa shape index (κ2) is 14.2. The first-order chi connectivity index (χ1) is 21.5. The van der Waals surface area contributed by atoms with Crippen LogP contribution < -0.4 is 14.8 Å². The molecule has 1 aromatic heterocycles. The summed E-state index contributed by atoms with van der Waals surface area (Å²) in [5.74, 6) is -1.09. The van der Waals surface area contributed by atoms with Crippen LogP contribution in [-0.2, 0) is 33.1 Å². The number of nitrogens with zero attached hydrogens (tertiary/aromatic N) is 1. The lowest BCUT2D eigenvalue weighted by Crippen LogP contribution is -2.38. The van der Waals surface area contributed by atoms with Gasteiger partial charge < -0.3 is 19.9 Å². The van der Waals surface area contributed by atoms with Crippen molar-refractivity contribution in [2.75, 3.05) is 11.1 Å². The van der Waals surface area contributed by atoms with E-state index in [1.807, 2.05) is 5.38 Å². The molecule has 244 valence electrons. The van der Waals surface area contributed by atoms with Crippen molar-refractivity contribution < 1.29 is 32.6 Å². The molecule has 9 nitrogen and oxygen atoms in total. The van der Waals surface area contributed by atoms with E-state index in [0.717, 1.165) is 16.3 Å². The number of hydrogen-bond donors (Lipinski definition) is 2. The van der Waals surface area contributed by atoms with Crippen LogP contribution in [0.3, 0.4) is 0 Å². The highest BCUT2D eigenvalue weighted by Gasteiger charge is 2.30. The fraction of sp³-hybridized carbons (Fsp3) is 0.324. The molecule has 0 aliphatic carbocycles. The van der Waals surface area contributed by atoms with Gasteiger partial charge in [-0.05, 0) is 86.8 Å². The zero-order valence-electron chi connectivity index (χ0n) is 26.3. The fourth-order valence-electron chi connectivity index (χ4n) is 4.25. The minimum absolute atomic E-state index is 0.0680. The van der Waals surface area contributed by atoms with E-state index in [4.69, 9.17) is 21.1 Å². The summed E-state index contributed by atoms with van der Waals surface area (Å²) in [6, 6.07) is 17.7. The van der Waals surface area contributed by atoms with Crippen molar-refractivity contribution in [3.05, 3.63) is 99.0 Å². The molecule has 0 unspecified atom stereocenters. The maximum Gasteiger partial charge on any atom is 0.347 e. The number of carbonyl (C=O) groups excluding carboxylic acids is 1. The highest BCUT2D eigenvalue weighted by Crippen LogP contribution is 2.31. The molecule has 46 heavy (non-hydrogen) atoms. The first kappa shape index (κ1) is 34.9. The molecule has 0 radical (unpaired) electrons. The summed E-state index contributed by atoms with van der Waals surface area (Å²) in [6.45, 7) is 9.35. The number of carbonyl (C=O) groups is 2. The van der Waals surface area contributed by atoms with Crippen molar-refractivity contribution in [1.82, 2.24) is 4.98 Å². The zero-order valence-corrected chi connectivity index (χ0v) is 28.7. The lowest BCUT2D eigenvalue weighted by molar-refractivity contribution is -0.152. The van der Waals surface area contributed by atoms with Crippen LogP contribution in [0.15, 0.2) is 77.0 Å². The van der Waals surface area contributed by atoms with Gasteiger partial charge >= 0.3 is 5.97 Å². The van der Waals surface area contributed by atoms with Crippen LogP contribution in [0.2, 0.25) is 5.02 Å². The second-order valence-electron chi connectivity index (χ2n) is 12.3. The summed E-state index contributed by atoms with van der Waals surface area (Å²) in [7, 11) is -3.52.